The van der Waals surface area contributed by atoms with Crippen molar-refractivity contribution in [1.82, 2.24) is 0 Å². The SMILES string of the molecule is O=P(O)(O)C(CCCc1cccc(Oc2ccc(Cc3ccccc3)cc2)c1)S(=O)(=O)O.[KH].[KH].[KH]. The number of hydrogen-bond acceptors (Lipinski definition) is 4. The zero-order valence-electron chi connectivity index (χ0n) is 17.2. The molecule has 3 aromatic rings. The quantitative estimate of drug-likeness (QED) is 0.187. The predicted octanol–water partition coefficient (Wildman–Crippen LogP) is 2.84. The number of ether oxygens (including phenoxy) is 1. The molecule has 176 valence electrons. The molecule has 3 rings (SSSR count). The van der Waals surface area contributed by atoms with Crippen molar-refractivity contribution in [2.45, 2.75) is 30.7 Å². The molecule has 0 saturated carbocycles. The summed E-state index contributed by atoms with van der Waals surface area (Å²) in [5, 5.41) is 0. The van der Waals surface area contributed by atoms with Crippen molar-refractivity contribution < 1.29 is 32.1 Å². The van der Waals surface area contributed by atoms with Gasteiger partial charge >= 0.3 is 162 Å². The van der Waals surface area contributed by atoms with E-state index in [1.165, 1.54) is 5.56 Å². The molecule has 0 spiro atoms. The van der Waals surface area contributed by atoms with Crippen LogP contribution in [0.15, 0.2) is 78.9 Å². The third kappa shape index (κ3) is 13.6. The summed E-state index contributed by atoms with van der Waals surface area (Å²) in [6, 6.07) is 25.1. The van der Waals surface area contributed by atoms with Gasteiger partial charge in [0.05, 0.1) is 0 Å². The van der Waals surface area contributed by atoms with Gasteiger partial charge in [-0.2, -0.15) is 8.42 Å². The summed E-state index contributed by atoms with van der Waals surface area (Å²) in [5.41, 5.74) is 3.21. The Morgan fingerprint density at radius 3 is 1.91 bits per heavy atom. The van der Waals surface area contributed by atoms with Gasteiger partial charge in [-0.1, -0.05) is 54.6 Å². The topological polar surface area (TPSA) is 121 Å². The maximum atomic E-state index is 11.3. The molecule has 0 radical (unpaired) electrons. The van der Waals surface area contributed by atoms with Crippen molar-refractivity contribution in [3.63, 3.8) is 0 Å². The van der Waals surface area contributed by atoms with Gasteiger partial charge in [-0.15, -0.1) is 0 Å². The minimum absolute atomic E-state index is 0. The van der Waals surface area contributed by atoms with Crippen LogP contribution in [-0.4, -0.2) is 182 Å². The molecule has 0 fully saturated rings. The van der Waals surface area contributed by atoms with Crippen molar-refractivity contribution >= 4 is 172 Å². The first-order chi connectivity index (χ1) is 15.1. The van der Waals surface area contributed by atoms with E-state index in [0.29, 0.717) is 17.9 Å². The Morgan fingerprint density at radius 1 is 0.771 bits per heavy atom. The van der Waals surface area contributed by atoms with Crippen molar-refractivity contribution in [2.75, 3.05) is 0 Å². The maximum absolute atomic E-state index is 11.3. The third-order valence-electron chi connectivity index (χ3n) is 4.94. The molecule has 0 saturated heterocycles. The van der Waals surface area contributed by atoms with Crippen molar-refractivity contribution in [3.05, 3.63) is 95.6 Å². The van der Waals surface area contributed by atoms with E-state index in [4.69, 9.17) is 9.29 Å². The van der Waals surface area contributed by atoms with Gasteiger partial charge in [0.25, 0.3) is 10.1 Å². The molecule has 0 aliphatic carbocycles. The van der Waals surface area contributed by atoms with Crippen LogP contribution in [0.3, 0.4) is 0 Å². The van der Waals surface area contributed by atoms with Crippen LogP contribution in [0.5, 0.6) is 11.5 Å². The minimum atomic E-state index is -4.96. The average molecular weight is 597 g/mol. The second-order valence-electron chi connectivity index (χ2n) is 7.51. The summed E-state index contributed by atoms with van der Waals surface area (Å²) in [6.45, 7) is 0. The number of hydrogen-bond donors (Lipinski definition) is 3. The van der Waals surface area contributed by atoms with Crippen LogP contribution in [-0.2, 0) is 27.5 Å². The summed E-state index contributed by atoms with van der Waals surface area (Å²) < 4.78 is 48.8. The number of rotatable bonds is 10. The molecular weight excluding hydrogens is 569 g/mol. The summed E-state index contributed by atoms with van der Waals surface area (Å²) in [5.74, 6) is 1.27. The van der Waals surface area contributed by atoms with E-state index >= 15 is 0 Å². The standard InChI is InChI=1S/C23H25O7PS.3K.3H/c24-31(25,26)23(32(27,28)29)11-5-9-19-8-4-10-22(17-19)30-21-14-12-20(13-15-21)16-18-6-2-1-3-7-18;;;;;;/h1-4,6-8,10,12-15,17,23H,5,9,11,16H2,(H2,24,25,26)(H,27,28,29);;;;;;. The van der Waals surface area contributed by atoms with Crippen LogP contribution in [0, 0.1) is 0 Å². The molecule has 3 N–H and O–H groups in total. The van der Waals surface area contributed by atoms with Crippen LogP contribution in [0.2, 0.25) is 0 Å². The number of benzene rings is 3. The molecule has 0 aliphatic heterocycles. The molecule has 0 aliphatic rings. The average Bonchev–Trinajstić information content (AvgIpc) is 2.72. The van der Waals surface area contributed by atoms with E-state index in [2.05, 4.69) is 12.1 Å². The van der Waals surface area contributed by atoms with Gasteiger partial charge in [-0.3, -0.25) is 9.12 Å². The summed E-state index contributed by atoms with van der Waals surface area (Å²) in [6.07, 6.45) is 1.03. The Kier molecular flexibility index (Phi) is 19.2. The third-order valence-corrected chi connectivity index (χ3v) is 8.50. The van der Waals surface area contributed by atoms with Gasteiger partial charge in [-0.05, 0) is 66.6 Å². The predicted molar refractivity (Wildman–Crippen MR) is 144 cm³/mol. The van der Waals surface area contributed by atoms with Crippen molar-refractivity contribution in [2.24, 2.45) is 0 Å². The van der Waals surface area contributed by atoms with Gasteiger partial charge in [0.15, 0.2) is 4.99 Å². The van der Waals surface area contributed by atoms with Crippen molar-refractivity contribution in [1.29, 1.82) is 0 Å². The van der Waals surface area contributed by atoms with Gasteiger partial charge in [0.2, 0.25) is 0 Å². The van der Waals surface area contributed by atoms with Crippen LogP contribution >= 0.6 is 7.60 Å². The normalized spacial score (nSPS) is 11.9. The van der Waals surface area contributed by atoms with Gasteiger partial charge in [-0.25, -0.2) is 0 Å². The summed E-state index contributed by atoms with van der Waals surface area (Å²) in [7, 11) is -9.80. The Labute approximate surface area is 334 Å². The molecule has 0 aromatic heterocycles. The molecule has 12 heteroatoms. The first kappa shape index (κ1) is 37.4. The summed E-state index contributed by atoms with van der Waals surface area (Å²) >= 11 is 0. The van der Waals surface area contributed by atoms with Crippen molar-refractivity contribution in [3.8, 4) is 11.5 Å². The van der Waals surface area contributed by atoms with E-state index < -0.39 is 22.7 Å². The molecule has 35 heavy (non-hydrogen) atoms. The zero-order valence-corrected chi connectivity index (χ0v) is 19.0. The van der Waals surface area contributed by atoms with Crippen LogP contribution in [0.1, 0.15) is 29.5 Å². The Bertz CT molecular complexity index is 1190. The zero-order chi connectivity index (χ0) is 23.2. The van der Waals surface area contributed by atoms with E-state index in [0.717, 1.165) is 17.5 Å². The fourth-order valence-corrected chi connectivity index (χ4v) is 5.75. The second-order valence-corrected chi connectivity index (χ2v) is 11.3. The van der Waals surface area contributed by atoms with Gasteiger partial charge in [0.1, 0.15) is 11.5 Å². The molecule has 3 aromatic carbocycles. The monoisotopic (exact) mass is 596 g/mol. The van der Waals surface area contributed by atoms with Crippen LogP contribution < -0.4 is 4.74 Å². The fourth-order valence-electron chi connectivity index (χ4n) is 3.38. The van der Waals surface area contributed by atoms with Crippen LogP contribution in [0.25, 0.3) is 0 Å². The van der Waals surface area contributed by atoms with Crippen LogP contribution in [0.4, 0.5) is 0 Å². The molecule has 7 nitrogen and oxygen atoms in total. The van der Waals surface area contributed by atoms with Gasteiger partial charge in [0, 0.05) is 0 Å². The summed E-state index contributed by atoms with van der Waals surface area (Å²) in [4.78, 5) is 16.2. The van der Waals surface area contributed by atoms with E-state index in [1.54, 1.807) is 18.2 Å². The first-order valence-electron chi connectivity index (χ1n) is 10.0. The van der Waals surface area contributed by atoms with E-state index in [9.17, 15) is 22.8 Å². The van der Waals surface area contributed by atoms with E-state index in [1.807, 2.05) is 48.5 Å². The fraction of sp³-hybridized carbons (Fsp3) is 0.217. The molecule has 1 unspecified atom stereocenters. The Hall–Kier alpha value is 2.43. The molecule has 0 bridgehead atoms. The molecule has 0 amide bonds. The van der Waals surface area contributed by atoms with Gasteiger partial charge < -0.3 is 14.5 Å². The molecule has 0 heterocycles. The molecule has 1 atom stereocenters. The Balaban J connectivity index is 0.00000385. The number of aryl methyl sites for hydroxylation is 1. The second kappa shape index (κ2) is 18.0. The molecular formula is C23H28K3O7PS. The van der Waals surface area contributed by atoms with E-state index in [-0.39, 0.29) is 167 Å². The Morgan fingerprint density at radius 2 is 1.34 bits per heavy atom. The first-order valence-corrected chi connectivity index (χ1v) is 13.2.